The molecule has 0 aliphatic rings. The molecule has 0 heterocycles. The van der Waals surface area contributed by atoms with E-state index in [1.807, 2.05) is 12.1 Å². The zero-order chi connectivity index (χ0) is 15.5. The van der Waals surface area contributed by atoms with Crippen molar-refractivity contribution in [3.63, 3.8) is 0 Å². The van der Waals surface area contributed by atoms with Crippen LogP contribution in [0.4, 0.5) is 0 Å². The number of aliphatic hydroxyl groups is 1. The van der Waals surface area contributed by atoms with Gasteiger partial charge < -0.3 is 15.3 Å². The molecule has 1 aromatic carbocycles. The smallest absolute Gasteiger partial charge is 0.251 e. The number of likely N-dealkylation sites (N-methyl/N-ethyl adjacent to an activating group) is 1. The van der Waals surface area contributed by atoms with E-state index in [-0.39, 0.29) is 12.5 Å². The summed E-state index contributed by atoms with van der Waals surface area (Å²) in [6.07, 6.45) is 0.466. The number of amides is 1. The van der Waals surface area contributed by atoms with Crippen molar-refractivity contribution >= 4 is 5.91 Å². The van der Waals surface area contributed by atoms with Crippen molar-refractivity contribution in [2.45, 2.75) is 20.3 Å². The van der Waals surface area contributed by atoms with E-state index in [1.54, 1.807) is 12.1 Å². The first-order valence-electron chi connectivity index (χ1n) is 7.41. The van der Waals surface area contributed by atoms with Crippen LogP contribution in [-0.4, -0.2) is 48.7 Å². The van der Waals surface area contributed by atoms with Crippen LogP contribution >= 0.6 is 0 Å². The highest BCUT2D eigenvalue weighted by Gasteiger charge is 2.05. The second kappa shape index (κ2) is 9.98. The normalized spacial score (nSPS) is 10.1. The average Bonchev–Trinajstić information content (AvgIpc) is 2.52. The van der Waals surface area contributed by atoms with Crippen molar-refractivity contribution in [2.75, 3.05) is 32.8 Å². The van der Waals surface area contributed by atoms with Gasteiger partial charge in [0.05, 0.1) is 6.61 Å². The highest BCUT2D eigenvalue weighted by molar-refractivity contribution is 5.94. The van der Waals surface area contributed by atoms with Crippen LogP contribution in [0.15, 0.2) is 24.3 Å². The standard InChI is InChI=1S/C17H24N2O2/c1-3-19(4-2)13-12-18-17(21)16-10-8-15(9-11-16)7-5-6-14-20/h8-11,20H,3-4,6,12-14H2,1-2H3,(H,18,21). The zero-order valence-electron chi connectivity index (χ0n) is 12.9. The number of nitrogens with one attached hydrogen (secondary N) is 1. The van der Waals surface area contributed by atoms with Gasteiger partial charge in [0.15, 0.2) is 0 Å². The van der Waals surface area contributed by atoms with E-state index in [0.29, 0.717) is 18.5 Å². The molecule has 0 spiro atoms. The van der Waals surface area contributed by atoms with Gasteiger partial charge in [-0.1, -0.05) is 25.7 Å². The first-order chi connectivity index (χ1) is 10.2. The summed E-state index contributed by atoms with van der Waals surface area (Å²) in [5.41, 5.74) is 1.49. The molecule has 0 saturated heterocycles. The molecule has 0 saturated carbocycles. The molecule has 0 bridgehead atoms. The monoisotopic (exact) mass is 288 g/mol. The van der Waals surface area contributed by atoms with E-state index in [0.717, 1.165) is 25.2 Å². The SMILES string of the molecule is CCN(CC)CCNC(=O)c1ccc(C#CCCO)cc1. The van der Waals surface area contributed by atoms with Crippen LogP contribution in [0.2, 0.25) is 0 Å². The van der Waals surface area contributed by atoms with Crippen molar-refractivity contribution in [2.24, 2.45) is 0 Å². The molecule has 4 heteroatoms. The lowest BCUT2D eigenvalue weighted by Gasteiger charge is -2.17. The van der Waals surface area contributed by atoms with Gasteiger partial charge in [0.1, 0.15) is 0 Å². The van der Waals surface area contributed by atoms with Gasteiger partial charge in [-0.3, -0.25) is 4.79 Å². The first kappa shape index (κ1) is 17.2. The molecule has 21 heavy (non-hydrogen) atoms. The molecule has 1 aromatic rings. The maximum absolute atomic E-state index is 12.0. The van der Waals surface area contributed by atoms with Crippen LogP contribution in [0.25, 0.3) is 0 Å². The highest BCUT2D eigenvalue weighted by Crippen LogP contribution is 2.03. The average molecular weight is 288 g/mol. The van der Waals surface area contributed by atoms with Crippen molar-refractivity contribution < 1.29 is 9.90 Å². The van der Waals surface area contributed by atoms with Crippen LogP contribution in [0.1, 0.15) is 36.2 Å². The molecular formula is C17H24N2O2. The Balaban J connectivity index is 2.46. The van der Waals surface area contributed by atoms with Crippen LogP contribution in [-0.2, 0) is 0 Å². The van der Waals surface area contributed by atoms with Gasteiger partial charge >= 0.3 is 0 Å². The fraction of sp³-hybridized carbons (Fsp3) is 0.471. The Morgan fingerprint density at radius 1 is 1.24 bits per heavy atom. The molecule has 0 unspecified atom stereocenters. The molecule has 1 rings (SSSR count). The molecule has 1 amide bonds. The fourth-order valence-electron chi connectivity index (χ4n) is 1.89. The summed E-state index contributed by atoms with van der Waals surface area (Å²) in [6.45, 7) is 7.80. The summed E-state index contributed by atoms with van der Waals surface area (Å²) < 4.78 is 0. The maximum Gasteiger partial charge on any atom is 0.251 e. The van der Waals surface area contributed by atoms with E-state index in [1.165, 1.54) is 0 Å². The predicted octanol–water partition coefficient (Wildman–Crippen LogP) is 1.49. The molecule has 0 atom stereocenters. The Labute approximate surface area is 127 Å². The topological polar surface area (TPSA) is 52.6 Å². The van der Waals surface area contributed by atoms with Crippen LogP contribution in [0.5, 0.6) is 0 Å². The number of carbonyl (C=O) groups is 1. The molecule has 2 N–H and O–H groups in total. The molecule has 0 radical (unpaired) electrons. The third-order valence-corrected chi connectivity index (χ3v) is 3.22. The lowest BCUT2D eigenvalue weighted by Crippen LogP contribution is -2.34. The molecular weight excluding hydrogens is 264 g/mol. The van der Waals surface area contributed by atoms with E-state index in [9.17, 15) is 4.79 Å². The molecule has 0 aliphatic carbocycles. The summed E-state index contributed by atoms with van der Waals surface area (Å²) in [5.74, 6) is 5.73. The minimum atomic E-state index is -0.0583. The third kappa shape index (κ3) is 6.44. The Morgan fingerprint density at radius 2 is 1.90 bits per heavy atom. The van der Waals surface area contributed by atoms with E-state index >= 15 is 0 Å². The van der Waals surface area contributed by atoms with E-state index < -0.39 is 0 Å². The molecule has 0 aliphatic heterocycles. The molecule has 0 fully saturated rings. The lowest BCUT2D eigenvalue weighted by molar-refractivity contribution is 0.0949. The summed E-state index contributed by atoms with van der Waals surface area (Å²) in [6, 6.07) is 7.19. The number of aliphatic hydroxyl groups excluding tert-OH is 1. The van der Waals surface area contributed by atoms with Gasteiger partial charge in [-0.05, 0) is 37.4 Å². The quantitative estimate of drug-likeness (QED) is 0.748. The number of nitrogens with zero attached hydrogens (tertiary/aromatic N) is 1. The van der Waals surface area contributed by atoms with Gasteiger partial charge in [0, 0.05) is 30.6 Å². The molecule has 4 nitrogen and oxygen atoms in total. The number of benzene rings is 1. The largest absolute Gasteiger partial charge is 0.395 e. The summed E-state index contributed by atoms with van der Waals surface area (Å²) in [5, 5.41) is 11.6. The number of hydrogen-bond donors (Lipinski definition) is 2. The van der Waals surface area contributed by atoms with Crippen molar-refractivity contribution in [1.29, 1.82) is 0 Å². The second-order valence-electron chi connectivity index (χ2n) is 4.64. The summed E-state index contributed by atoms with van der Waals surface area (Å²) >= 11 is 0. The van der Waals surface area contributed by atoms with Crippen LogP contribution in [0.3, 0.4) is 0 Å². The van der Waals surface area contributed by atoms with E-state index in [2.05, 4.69) is 35.9 Å². The second-order valence-corrected chi connectivity index (χ2v) is 4.64. The van der Waals surface area contributed by atoms with Gasteiger partial charge in [0.25, 0.3) is 5.91 Å². The predicted molar refractivity (Wildman–Crippen MR) is 85.1 cm³/mol. The minimum Gasteiger partial charge on any atom is -0.395 e. The Kier molecular flexibility index (Phi) is 8.18. The number of rotatable bonds is 7. The highest BCUT2D eigenvalue weighted by atomic mass is 16.2. The van der Waals surface area contributed by atoms with Crippen molar-refractivity contribution in [1.82, 2.24) is 10.2 Å². The van der Waals surface area contributed by atoms with Crippen LogP contribution in [0, 0.1) is 11.8 Å². The third-order valence-electron chi connectivity index (χ3n) is 3.22. The van der Waals surface area contributed by atoms with E-state index in [4.69, 9.17) is 5.11 Å². The number of hydrogen-bond acceptors (Lipinski definition) is 3. The van der Waals surface area contributed by atoms with Gasteiger partial charge in [-0.15, -0.1) is 0 Å². The maximum atomic E-state index is 12.0. The van der Waals surface area contributed by atoms with Crippen molar-refractivity contribution in [3.05, 3.63) is 35.4 Å². The minimum absolute atomic E-state index is 0.0583. The summed E-state index contributed by atoms with van der Waals surface area (Å²) in [4.78, 5) is 14.2. The van der Waals surface area contributed by atoms with Crippen LogP contribution < -0.4 is 5.32 Å². The van der Waals surface area contributed by atoms with Crippen molar-refractivity contribution in [3.8, 4) is 11.8 Å². The zero-order valence-corrected chi connectivity index (χ0v) is 12.9. The Morgan fingerprint density at radius 3 is 2.48 bits per heavy atom. The summed E-state index contributed by atoms with van der Waals surface area (Å²) in [7, 11) is 0. The lowest BCUT2D eigenvalue weighted by atomic mass is 10.1. The number of carbonyl (C=O) groups excluding carboxylic acids is 1. The Hall–Kier alpha value is -1.83. The van der Waals surface area contributed by atoms with Gasteiger partial charge in [-0.25, -0.2) is 0 Å². The van der Waals surface area contributed by atoms with Gasteiger partial charge in [-0.2, -0.15) is 0 Å². The fourth-order valence-corrected chi connectivity index (χ4v) is 1.89. The first-order valence-corrected chi connectivity index (χ1v) is 7.41. The van der Waals surface area contributed by atoms with Gasteiger partial charge in [0.2, 0.25) is 0 Å². The molecule has 0 aromatic heterocycles. The molecule has 114 valence electrons. The Bertz CT molecular complexity index is 482.